The van der Waals surface area contributed by atoms with Crippen LogP contribution in [-0.4, -0.2) is 30.6 Å². The Morgan fingerprint density at radius 3 is 2.57 bits per heavy atom. The summed E-state index contributed by atoms with van der Waals surface area (Å²) in [6.45, 7) is 13.8. The summed E-state index contributed by atoms with van der Waals surface area (Å²) in [5.74, 6) is 1.35. The van der Waals surface area contributed by atoms with Crippen molar-refractivity contribution in [2.45, 2.75) is 59.0 Å². The number of benzene rings is 1. The highest BCUT2D eigenvalue weighted by molar-refractivity contribution is 5.24. The highest BCUT2D eigenvalue weighted by atomic mass is 15.1. The van der Waals surface area contributed by atoms with Crippen molar-refractivity contribution in [3.63, 3.8) is 0 Å². The van der Waals surface area contributed by atoms with Gasteiger partial charge in [-0.3, -0.25) is 4.90 Å². The molecule has 1 aromatic carbocycles. The highest BCUT2D eigenvalue weighted by Gasteiger charge is 2.17. The zero-order valence-corrected chi connectivity index (χ0v) is 14.2. The molecule has 2 unspecified atom stereocenters. The lowest BCUT2D eigenvalue weighted by Crippen LogP contribution is -2.43. The van der Waals surface area contributed by atoms with Gasteiger partial charge < -0.3 is 5.32 Å². The molecule has 0 radical (unpaired) electrons. The summed E-state index contributed by atoms with van der Waals surface area (Å²) >= 11 is 0. The van der Waals surface area contributed by atoms with Crippen molar-refractivity contribution in [3.8, 4) is 0 Å². The quantitative estimate of drug-likeness (QED) is 0.900. The van der Waals surface area contributed by atoms with Crippen LogP contribution in [0.3, 0.4) is 0 Å². The number of hydrogen-bond acceptors (Lipinski definition) is 2. The third-order valence-electron chi connectivity index (χ3n) is 4.66. The molecule has 0 bridgehead atoms. The van der Waals surface area contributed by atoms with Crippen molar-refractivity contribution in [2.24, 2.45) is 5.92 Å². The Labute approximate surface area is 130 Å². The lowest BCUT2D eigenvalue weighted by Gasteiger charge is -2.32. The topological polar surface area (TPSA) is 15.3 Å². The van der Waals surface area contributed by atoms with Crippen LogP contribution in [-0.2, 0) is 6.54 Å². The normalized spacial score (nSPS) is 24.8. The summed E-state index contributed by atoms with van der Waals surface area (Å²) in [4.78, 5) is 2.64. The smallest absolute Gasteiger partial charge is 0.0233 e. The molecule has 2 heteroatoms. The van der Waals surface area contributed by atoms with Gasteiger partial charge in [0.1, 0.15) is 0 Å². The summed E-state index contributed by atoms with van der Waals surface area (Å²) in [7, 11) is 0. The third kappa shape index (κ3) is 5.12. The van der Waals surface area contributed by atoms with E-state index in [0.717, 1.165) is 19.0 Å². The molecule has 1 N–H and O–H groups in total. The minimum absolute atomic E-state index is 0.622. The van der Waals surface area contributed by atoms with Crippen molar-refractivity contribution in [1.29, 1.82) is 0 Å². The molecule has 1 saturated heterocycles. The second kappa shape index (κ2) is 7.95. The summed E-state index contributed by atoms with van der Waals surface area (Å²) in [6, 6.07) is 9.91. The minimum Gasteiger partial charge on any atom is -0.314 e. The molecule has 1 aromatic rings. The van der Waals surface area contributed by atoms with Crippen LogP contribution in [0.25, 0.3) is 0 Å². The van der Waals surface area contributed by atoms with Crippen LogP contribution >= 0.6 is 0 Å². The average molecular weight is 288 g/mol. The average Bonchev–Trinajstić information content (AvgIpc) is 2.45. The first-order chi connectivity index (χ1) is 10.1. The molecule has 0 saturated carbocycles. The van der Waals surface area contributed by atoms with E-state index >= 15 is 0 Å². The fourth-order valence-electron chi connectivity index (χ4n) is 3.16. The van der Waals surface area contributed by atoms with Gasteiger partial charge in [0.25, 0.3) is 0 Å². The fraction of sp³-hybridized carbons (Fsp3) is 0.684. The molecular formula is C19H32N2. The first kappa shape index (κ1) is 16.5. The van der Waals surface area contributed by atoms with E-state index in [2.05, 4.69) is 62.2 Å². The summed E-state index contributed by atoms with van der Waals surface area (Å²) in [5, 5.41) is 3.70. The van der Waals surface area contributed by atoms with E-state index in [4.69, 9.17) is 0 Å². The Morgan fingerprint density at radius 1 is 1.24 bits per heavy atom. The van der Waals surface area contributed by atoms with Crippen LogP contribution in [0.4, 0.5) is 0 Å². The molecule has 2 rings (SSSR count). The minimum atomic E-state index is 0.622. The molecule has 2 nitrogen and oxygen atoms in total. The summed E-state index contributed by atoms with van der Waals surface area (Å²) < 4.78 is 0. The third-order valence-corrected chi connectivity index (χ3v) is 4.66. The lowest BCUT2D eigenvalue weighted by molar-refractivity contribution is 0.190. The molecule has 1 aliphatic heterocycles. The molecule has 0 aliphatic carbocycles. The van der Waals surface area contributed by atoms with Crippen molar-refractivity contribution >= 4 is 0 Å². The van der Waals surface area contributed by atoms with Crippen LogP contribution in [0.15, 0.2) is 24.3 Å². The predicted molar refractivity (Wildman–Crippen MR) is 91.7 cm³/mol. The van der Waals surface area contributed by atoms with Gasteiger partial charge in [0.15, 0.2) is 0 Å². The van der Waals surface area contributed by atoms with Crippen molar-refractivity contribution in [3.05, 3.63) is 35.4 Å². The molecule has 21 heavy (non-hydrogen) atoms. The summed E-state index contributed by atoms with van der Waals surface area (Å²) in [5.41, 5.74) is 2.89. The zero-order valence-electron chi connectivity index (χ0n) is 14.2. The molecule has 0 amide bonds. The molecule has 0 aromatic heterocycles. The second-order valence-electron chi connectivity index (χ2n) is 7.04. The number of rotatable bonds is 4. The second-order valence-corrected chi connectivity index (χ2v) is 7.04. The maximum atomic E-state index is 3.70. The number of hydrogen-bond donors (Lipinski definition) is 1. The van der Waals surface area contributed by atoms with E-state index in [1.807, 2.05) is 0 Å². The largest absolute Gasteiger partial charge is 0.314 e. The van der Waals surface area contributed by atoms with Crippen LogP contribution in [0.5, 0.6) is 0 Å². The van der Waals surface area contributed by atoms with E-state index in [1.165, 1.54) is 37.1 Å². The molecule has 0 spiro atoms. The molecule has 1 heterocycles. The van der Waals surface area contributed by atoms with Crippen molar-refractivity contribution < 1.29 is 0 Å². The molecule has 2 atom stereocenters. The van der Waals surface area contributed by atoms with Gasteiger partial charge in [-0.05, 0) is 48.9 Å². The van der Waals surface area contributed by atoms with E-state index in [9.17, 15) is 0 Å². The highest BCUT2D eigenvalue weighted by Crippen LogP contribution is 2.17. The molecule has 118 valence electrons. The lowest BCUT2D eigenvalue weighted by atomic mass is 10.0. The van der Waals surface area contributed by atoms with Crippen molar-refractivity contribution in [2.75, 3.05) is 19.6 Å². The van der Waals surface area contributed by atoms with E-state index < -0.39 is 0 Å². The van der Waals surface area contributed by atoms with Gasteiger partial charge in [-0.25, -0.2) is 0 Å². The Balaban J connectivity index is 1.96. The SMILES string of the molecule is CCC1CCN(Cc2ccc(C(C)C)cc2)CC(C)CN1. The monoisotopic (exact) mass is 288 g/mol. The number of nitrogens with zero attached hydrogens (tertiary/aromatic N) is 1. The van der Waals surface area contributed by atoms with Gasteiger partial charge in [0.2, 0.25) is 0 Å². The van der Waals surface area contributed by atoms with Crippen molar-refractivity contribution in [1.82, 2.24) is 10.2 Å². The number of nitrogens with one attached hydrogen (secondary N) is 1. The fourth-order valence-corrected chi connectivity index (χ4v) is 3.16. The van der Waals surface area contributed by atoms with Gasteiger partial charge in [0.05, 0.1) is 0 Å². The molecular weight excluding hydrogens is 256 g/mol. The van der Waals surface area contributed by atoms with Crippen LogP contribution in [0.1, 0.15) is 57.6 Å². The van der Waals surface area contributed by atoms with Gasteiger partial charge in [0, 0.05) is 19.1 Å². The van der Waals surface area contributed by atoms with Crippen LogP contribution in [0, 0.1) is 5.92 Å². The maximum Gasteiger partial charge on any atom is 0.0233 e. The van der Waals surface area contributed by atoms with E-state index in [-0.39, 0.29) is 0 Å². The Bertz CT molecular complexity index is 410. The van der Waals surface area contributed by atoms with Gasteiger partial charge in [-0.1, -0.05) is 52.0 Å². The van der Waals surface area contributed by atoms with E-state index in [1.54, 1.807) is 0 Å². The standard InChI is InChI=1S/C19H32N2/c1-5-19-10-11-21(13-16(4)12-20-19)14-17-6-8-18(9-7-17)15(2)3/h6-9,15-16,19-20H,5,10-14H2,1-4H3. The van der Waals surface area contributed by atoms with Gasteiger partial charge in [-0.15, -0.1) is 0 Å². The maximum absolute atomic E-state index is 3.70. The Hall–Kier alpha value is -0.860. The van der Waals surface area contributed by atoms with Gasteiger partial charge in [-0.2, -0.15) is 0 Å². The molecule has 1 aliphatic rings. The Kier molecular flexibility index (Phi) is 6.25. The van der Waals surface area contributed by atoms with Gasteiger partial charge >= 0.3 is 0 Å². The first-order valence-electron chi connectivity index (χ1n) is 8.63. The van der Waals surface area contributed by atoms with Crippen LogP contribution < -0.4 is 5.32 Å². The Morgan fingerprint density at radius 2 is 1.95 bits per heavy atom. The molecule has 1 fully saturated rings. The van der Waals surface area contributed by atoms with E-state index in [0.29, 0.717) is 12.0 Å². The predicted octanol–water partition coefficient (Wildman–Crippen LogP) is 4.02. The summed E-state index contributed by atoms with van der Waals surface area (Å²) in [6.07, 6.45) is 2.51. The zero-order chi connectivity index (χ0) is 15.2. The van der Waals surface area contributed by atoms with Crippen LogP contribution in [0.2, 0.25) is 0 Å². The first-order valence-corrected chi connectivity index (χ1v) is 8.63.